The van der Waals surface area contributed by atoms with E-state index in [1.165, 1.54) is 0 Å². The molecule has 0 atom stereocenters. The van der Waals surface area contributed by atoms with Gasteiger partial charge in [-0.05, 0) is 23.7 Å². The Hall–Kier alpha value is -1.10. The number of hydrogen-bond donors (Lipinski definition) is 0. The number of halogens is 2. The highest BCUT2D eigenvalue weighted by atomic mass is 35.5. The fourth-order valence-electron chi connectivity index (χ4n) is 2.13. The number of morpholine rings is 1. The number of fused-ring (bicyclic) bond motifs is 1. The summed E-state index contributed by atoms with van der Waals surface area (Å²) in [5, 5.41) is 1.39. The summed E-state index contributed by atoms with van der Waals surface area (Å²) >= 11 is 12.0. The number of nitrogens with zero attached hydrogens (tertiary/aromatic N) is 3. The van der Waals surface area contributed by atoms with Gasteiger partial charge < -0.3 is 9.64 Å². The fraction of sp³-hybridized carbons (Fsp3) is 0.333. The topological polar surface area (TPSA) is 38.2 Å². The first-order valence-corrected chi connectivity index (χ1v) is 6.46. The van der Waals surface area contributed by atoms with E-state index in [1.807, 2.05) is 18.2 Å². The molecule has 2 heterocycles. The number of benzene rings is 1. The van der Waals surface area contributed by atoms with E-state index in [9.17, 15) is 0 Å². The third-order valence-corrected chi connectivity index (χ3v) is 3.44. The van der Waals surface area contributed by atoms with E-state index < -0.39 is 0 Å². The van der Waals surface area contributed by atoms with Gasteiger partial charge in [-0.15, -0.1) is 0 Å². The van der Waals surface area contributed by atoms with Crippen molar-refractivity contribution in [3.63, 3.8) is 0 Å². The van der Waals surface area contributed by atoms with Crippen molar-refractivity contribution in [2.45, 2.75) is 0 Å². The molecule has 0 saturated carbocycles. The van der Waals surface area contributed by atoms with Crippen molar-refractivity contribution >= 4 is 39.8 Å². The maximum absolute atomic E-state index is 6.09. The van der Waals surface area contributed by atoms with E-state index in [1.54, 1.807) is 0 Å². The van der Waals surface area contributed by atoms with Crippen molar-refractivity contribution in [2.75, 3.05) is 31.2 Å². The lowest BCUT2D eigenvalue weighted by Gasteiger charge is -2.29. The molecule has 1 aromatic heterocycles. The normalized spacial score (nSPS) is 16.2. The maximum Gasteiger partial charge on any atom is 0.224 e. The third-order valence-electron chi connectivity index (χ3n) is 2.98. The molecule has 1 fully saturated rings. The molecule has 1 aliphatic rings. The predicted octanol–water partition coefficient (Wildman–Crippen LogP) is 2.77. The van der Waals surface area contributed by atoms with Gasteiger partial charge in [0.15, 0.2) is 0 Å². The summed E-state index contributed by atoms with van der Waals surface area (Å²) in [6, 6.07) is 5.88. The zero-order valence-corrected chi connectivity index (χ0v) is 11.1. The van der Waals surface area contributed by atoms with Crippen LogP contribution in [0.5, 0.6) is 0 Å². The first-order chi connectivity index (χ1) is 8.75. The Morgan fingerprint density at radius 3 is 2.67 bits per heavy atom. The molecule has 2 aromatic rings. The second-order valence-electron chi connectivity index (χ2n) is 4.06. The van der Waals surface area contributed by atoms with E-state index in [0.29, 0.717) is 5.15 Å². The molecule has 0 bridgehead atoms. The average molecular weight is 284 g/mol. The van der Waals surface area contributed by atoms with E-state index in [4.69, 9.17) is 27.9 Å². The van der Waals surface area contributed by atoms with Crippen LogP contribution >= 0.6 is 23.2 Å². The van der Waals surface area contributed by atoms with Crippen LogP contribution in [0, 0.1) is 0 Å². The molecular formula is C12H11Cl2N3O. The minimum Gasteiger partial charge on any atom is -0.378 e. The molecule has 6 heteroatoms. The van der Waals surface area contributed by atoms with Gasteiger partial charge in [0.05, 0.1) is 18.9 Å². The quantitative estimate of drug-likeness (QED) is 0.596. The first kappa shape index (κ1) is 12.0. The van der Waals surface area contributed by atoms with Gasteiger partial charge in [0.25, 0.3) is 0 Å². The van der Waals surface area contributed by atoms with Gasteiger partial charge >= 0.3 is 0 Å². The molecule has 0 radical (unpaired) electrons. The number of para-hydroxylation sites is 1. The Labute approximate surface area is 114 Å². The standard InChI is InChI=1S/C12H11Cl2N3O/c13-11-8-2-1-3-9(10(8)15-12(14)16-11)17-4-6-18-7-5-17/h1-3H,4-7H2. The predicted molar refractivity (Wildman–Crippen MR) is 72.6 cm³/mol. The van der Waals surface area contributed by atoms with Crippen LogP contribution in [0.1, 0.15) is 0 Å². The van der Waals surface area contributed by atoms with E-state index >= 15 is 0 Å². The molecule has 18 heavy (non-hydrogen) atoms. The smallest absolute Gasteiger partial charge is 0.224 e. The summed E-state index contributed by atoms with van der Waals surface area (Å²) < 4.78 is 5.35. The van der Waals surface area contributed by atoms with Crippen molar-refractivity contribution in [3.05, 3.63) is 28.6 Å². The largest absolute Gasteiger partial charge is 0.378 e. The molecule has 3 rings (SSSR count). The Morgan fingerprint density at radius 1 is 1.11 bits per heavy atom. The van der Waals surface area contributed by atoms with Gasteiger partial charge in [-0.25, -0.2) is 9.97 Å². The third kappa shape index (κ3) is 2.11. The molecule has 4 nitrogen and oxygen atoms in total. The van der Waals surface area contributed by atoms with Crippen LogP contribution in [0.2, 0.25) is 10.4 Å². The SMILES string of the molecule is Clc1nc(Cl)c2cccc(N3CCOCC3)c2n1. The number of hydrogen-bond acceptors (Lipinski definition) is 4. The lowest BCUT2D eigenvalue weighted by Crippen LogP contribution is -2.36. The van der Waals surface area contributed by atoms with Gasteiger partial charge in [0, 0.05) is 18.5 Å². The van der Waals surface area contributed by atoms with Crippen molar-refractivity contribution in [3.8, 4) is 0 Å². The van der Waals surface area contributed by atoms with Gasteiger partial charge in [0.1, 0.15) is 10.7 Å². The van der Waals surface area contributed by atoms with Crippen LogP contribution in [0.15, 0.2) is 18.2 Å². The summed E-state index contributed by atoms with van der Waals surface area (Å²) in [6.45, 7) is 3.14. The minimum absolute atomic E-state index is 0.174. The Bertz CT molecular complexity index is 585. The van der Waals surface area contributed by atoms with Crippen LogP contribution in [-0.4, -0.2) is 36.3 Å². The second kappa shape index (κ2) is 4.88. The van der Waals surface area contributed by atoms with Crippen LogP contribution in [0.4, 0.5) is 5.69 Å². The molecule has 0 unspecified atom stereocenters. The lowest BCUT2D eigenvalue weighted by molar-refractivity contribution is 0.123. The van der Waals surface area contributed by atoms with Crippen molar-refractivity contribution in [1.29, 1.82) is 0 Å². The Balaban J connectivity index is 2.16. The monoisotopic (exact) mass is 283 g/mol. The van der Waals surface area contributed by atoms with Gasteiger partial charge in [-0.1, -0.05) is 17.7 Å². The summed E-state index contributed by atoms with van der Waals surface area (Å²) in [5.74, 6) is 0. The summed E-state index contributed by atoms with van der Waals surface area (Å²) in [5.41, 5.74) is 1.83. The highest BCUT2D eigenvalue weighted by Crippen LogP contribution is 2.30. The number of aromatic nitrogens is 2. The second-order valence-corrected chi connectivity index (χ2v) is 4.75. The molecule has 0 N–H and O–H groups in total. The van der Waals surface area contributed by atoms with Crippen LogP contribution < -0.4 is 4.90 Å². The van der Waals surface area contributed by atoms with Crippen LogP contribution in [-0.2, 0) is 4.74 Å². The van der Waals surface area contributed by atoms with E-state index in [2.05, 4.69) is 14.9 Å². The summed E-state index contributed by atoms with van der Waals surface area (Å²) in [6.07, 6.45) is 0. The van der Waals surface area contributed by atoms with Crippen molar-refractivity contribution in [1.82, 2.24) is 9.97 Å². The fourth-order valence-corrected chi connectivity index (χ4v) is 2.58. The highest BCUT2D eigenvalue weighted by molar-refractivity contribution is 6.36. The zero-order chi connectivity index (χ0) is 12.5. The maximum atomic E-state index is 6.09. The summed E-state index contributed by atoms with van der Waals surface area (Å²) in [7, 11) is 0. The molecule has 1 saturated heterocycles. The lowest BCUT2D eigenvalue weighted by atomic mass is 10.2. The van der Waals surface area contributed by atoms with E-state index in [0.717, 1.165) is 42.9 Å². The Kier molecular flexibility index (Phi) is 3.24. The minimum atomic E-state index is 0.174. The number of rotatable bonds is 1. The molecular weight excluding hydrogens is 273 g/mol. The molecule has 1 aromatic carbocycles. The van der Waals surface area contributed by atoms with Crippen LogP contribution in [0.3, 0.4) is 0 Å². The molecule has 94 valence electrons. The molecule has 0 aliphatic carbocycles. The summed E-state index contributed by atoms with van der Waals surface area (Å²) in [4.78, 5) is 10.5. The van der Waals surface area contributed by atoms with Crippen molar-refractivity contribution < 1.29 is 4.74 Å². The molecule has 1 aliphatic heterocycles. The van der Waals surface area contributed by atoms with Crippen LogP contribution in [0.25, 0.3) is 10.9 Å². The molecule has 0 amide bonds. The number of ether oxygens (including phenoxy) is 1. The van der Waals surface area contributed by atoms with Gasteiger partial charge in [-0.2, -0.15) is 0 Å². The average Bonchev–Trinajstić information content (AvgIpc) is 2.39. The van der Waals surface area contributed by atoms with Gasteiger partial charge in [-0.3, -0.25) is 0 Å². The number of anilines is 1. The Morgan fingerprint density at radius 2 is 1.89 bits per heavy atom. The van der Waals surface area contributed by atoms with E-state index in [-0.39, 0.29) is 5.28 Å². The van der Waals surface area contributed by atoms with Gasteiger partial charge in [0.2, 0.25) is 5.28 Å². The zero-order valence-electron chi connectivity index (χ0n) is 9.57. The molecule has 0 spiro atoms. The van der Waals surface area contributed by atoms with Crippen molar-refractivity contribution in [2.24, 2.45) is 0 Å². The highest BCUT2D eigenvalue weighted by Gasteiger charge is 2.16. The first-order valence-electron chi connectivity index (χ1n) is 5.70.